The largest absolute Gasteiger partial charge is 0.214 e. The number of fused-ring (bicyclic) bond motifs is 3. The molecule has 0 aliphatic heterocycles. The molecule has 5 rings (SSSR count). The zero-order valence-electron chi connectivity index (χ0n) is 16.2. The first-order valence-corrected chi connectivity index (χ1v) is 11.8. The van der Waals surface area contributed by atoms with Crippen LogP contribution >= 0.6 is 0 Å². The molecular weight excluding hydrogens is 491 g/mol. The van der Waals surface area contributed by atoms with Crippen LogP contribution in [0.15, 0.2) is 72.8 Å². The molecule has 136 valence electrons. The summed E-state index contributed by atoms with van der Waals surface area (Å²) in [4.78, 5) is 0. The fraction of sp³-hybridized carbons (Fsp3) is 0.308. The number of hydrogen-bond donors (Lipinski definition) is 0. The Morgan fingerprint density at radius 3 is 2.26 bits per heavy atom. The SMILES string of the molecule is C[C](=[Hf+2])C1CCCCC1.[c-]1cccc2c1Cc1ccccc1-2.c1cc[cH-]c1. The molecule has 0 bridgehead atoms. The summed E-state index contributed by atoms with van der Waals surface area (Å²) in [7, 11) is 0. The molecule has 0 atom stereocenters. The van der Waals surface area contributed by atoms with E-state index in [1.807, 2.05) is 36.4 Å². The van der Waals surface area contributed by atoms with Gasteiger partial charge < -0.3 is 0 Å². The third-order valence-electron chi connectivity index (χ3n) is 5.39. The predicted octanol–water partition coefficient (Wildman–Crippen LogP) is 6.77. The van der Waals surface area contributed by atoms with Crippen LogP contribution in [0.2, 0.25) is 0 Å². The van der Waals surface area contributed by atoms with Crippen molar-refractivity contribution in [3.63, 3.8) is 0 Å². The van der Waals surface area contributed by atoms with Crippen LogP contribution in [-0.4, -0.2) is 3.26 Å². The van der Waals surface area contributed by atoms with Crippen LogP contribution in [-0.2, 0) is 30.3 Å². The van der Waals surface area contributed by atoms with E-state index in [1.54, 1.807) is 3.26 Å². The quantitative estimate of drug-likeness (QED) is 0.193. The molecule has 2 aliphatic carbocycles. The average molecular weight is 519 g/mol. The third-order valence-corrected chi connectivity index (χ3v) is 6.86. The van der Waals surface area contributed by atoms with Crippen LogP contribution in [0.4, 0.5) is 0 Å². The van der Waals surface area contributed by atoms with Gasteiger partial charge in [0.1, 0.15) is 0 Å². The molecule has 0 spiro atoms. The minimum Gasteiger partial charge on any atom is -0.214 e. The molecular formula is C26H28Hf. The Morgan fingerprint density at radius 2 is 1.63 bits per heavy atom. The molecule has 1 fully saturated rings. The molecule has 0 radical (unpaired) electrons. The summed E-state index contributed by atoms with van der Waals surface area (Å²) >= 11 is 1.33. The Bertz CT molecular complexity index is 762. The van der Waals surface area contributed by atoms with Crippen LogP contribution in [0, 0.1) is 12.0 Å². The van der Waals surface area contributed by atoms with E-state index in [1.165, 1.54) is 78.3 Å². The van der Waals surface area contributed by atoms with E-state index in [0.717, 1.165) is 12.3 Å². The van der Waals surface area contributed by atoms with E-state index in [-0.39, 0.29) is 0 Å². The average Bonchev–Trinajstić information content (AvgIpc) is 3.41. The van der Waals surface area contributed by atoms with Gasteiger partial charge in [-0.2, -0.15) is 48.0 Å². The summed E-state index contributed by atoms with van der Waals surface area (Å²) in [5.74, 6) is 1.03. The van der Waals surface area contributed by atoms with Crippen molar-refractivity contribution in [2.24, 2.45) is 5.92 Å². The molecule has 0 amide bonds. The van der Waals surface area contributed by atoms with Crippen molar-refractivity contribution in [2.45, 2.75) is 45.4 Å². The molecule has 1 heteroatoms. The Morgan fingerprint density at radius 1 is 0.926 bits per heavy atom. The molecule has 0 nitrogen and oxygen atoms in total. The minimum atomic E-state index is 1.03. The van der Waals surface area contributed by atoms with Gasteiger partial charge in [-0.25, -0.2) is 12.1 Å². The summed E-state index contributed by atoms with van der Waals surface area (Å²) in [6.45, 7) is 2.34. The van der Waals surface area contributed by atoms with Crippen molar-refractivity contribution >= 4 is 3.26 Å². The first-order chi connectivity index (χ1) is 13.3. The van der Waals surface area contributed by atoms with Gasteiger partial charge in [0, 0.05) is 0 Å². The van der Waals surface area contributed by atoms with Gasteiger partial charge in [-0.15, -0.1) is 5.56 Å². The second-order valence-electron chi connectivity index (χ2n) is 7.38. The first-order valence-electron chi connectivity index (χ1n) is 10.1. The van der Waals surface area contributed by atoms with Crippen molar-refractivity contribution in [1.82, 2.24) is 0 Å². The van der Waals surface area contributed by atoms with Gasteiger partial charge in [-0.3, -0.25) is 0 Å². The maximum absolute atomic E-state index is 3.30. The summed E-state index contributed by atoms with van der Waals surface area (Å²) in [5, 5.41) is 0. The van der Waals surface area contributed by atoms with Gasteiger partial charge >= 0.3 is 72.1 Å². The molecule has 3 aromatic rings. The van der Waals surface area contributed by atoms with Gasteiger partial charge in [-0.1, -0.05) is 35.4 Å². The maximum Gasteiger partial charge on any atom is -0.0253 e. The van der Waals surface area contributed by atoms with E-state index in [0.29, 0.717) is 0 Å². The third kappa shape index (κ3) is 6.01. The minimum absolute atomic E-state index is 1.03. The zero-order valence-corrected chi connectivity index (χ0v) is 19.8. The van der Waals surface area contributed by atoms with Crippen LogP contribution < -0.4 is 0 Å². The van der Waals surface area contributed by atoms with Crippen molar-refractivity contribution in [2.75, 3.05) is 0 Å². The fourth-order valence-electron chi connectivity index (χ4n) is 3.85. The van der Waals surface area contributed by atoms with Crippen LogP contribution in [0.25, 0.3) is 11.1 Å². The van der Waals surface area contributed by atoms with E-state index in [2.05, 4.69) is 49.4 Å². The molecule has 0 heterocycles. The smallest absolute Gasteiger partial charge is 0.0253 e. The molecule has 2 aliphatic rings. The van der Waals surface area contributed by atoms with Crippen LogP contribution in [0.1, 0.15) is 50.2 Å². The van der Waals surface area contributed by atoms with Gasteiger partial charge in [0.15, 0.2) is 0 Å². The van der Waals surface area contributed by atoms with E-state index >= 15 is 0 Å². The maximum atomic E-state index is 3.30. The molecule has 3 aromatic carbocycles. The van der Waals surface area contributed by atoms with Crippen molar-refractivity contribution < 1.29 is 23.9 Å². The van der Waals surface area contributed by atoms with Gasteiger partial charge in [0.05, 0.1) is 0 Å². The van der Waals surface area contributed by atoms with E-state index in [4.69, 9.17) is 0 Å². The van der Waals surface area contributed by atoms with E-state index < -0.39 is 0 Å². The molecule has 0 aromatic heterocycles. The molecule has 27 heavy (non-hydrogen) atoms. The predicted molar refractivity (Wildman–Crippen MR) is 113 cm³/mol. The topological polar surface area (TPSA) is 0 Å². The van der Waals surface area contributed by atoms with Gasteiger partial charge in [0.2, 0.25) is 0 Å². The van der Waals surface area contributed by atoms with Crippen molar-refractivity contribution in [3.8, 4) is 11.1 Å². The van der Waals surface area contributed by atoms with E-state index in [9.17, 15) is 0 Å². The zero-order chi connectivity index (χ0) is 18.9. The Hall–Kier alpha value is -1.47. The van der Waals surface area contributed by atoms with Crippen molar-refractivity contribution in [1.29, 1.82) is 0 Å². The summed E-state index contributed by atoms with van der Waals surface area (Å²) in [5.41, 5.74) is 5.51. The Balaban J connectivity index is 0.000000130. The summed E-state index contributed by atoms with van der Waals surface area (Å²) in [6.07, 6.45) is 8.51. The molecule has 1 saturated carbocycles. The Kier molecular flexibility index (Phi) is 8.08. The standard InChI is InChI=1S/C13H9.C8H14.C5H5.Hf/c1-3-7-12-10(5-1)9-11-6-2-4-8-13(11)12;1-2-8-6-4-3-5-7-8;1-2-4-5-3-1;/h1-5,7-8H,9H2;8H,3-7H2,1H3;1-5H;/q-1;;-1;+2. The molecule has 0 unspecified atom stereocenters. The number of rotatable bonds is 1. The number of benzene rings is 2. The number of hydrogen-bond acceptors (Lipinski definition) is 0. The van der Waals surface area contributed by atoms with Crippen LogP contribution in [0.3, 0.4) is 0 Å². The Labute approximate surface area is 179 Å². The second kappa shape index (κ2) is 10.8. The normalized spacial score (nSPS) is 14.8. The second-order valence-corrected chi connectivity index (χ2v) is 10.2. The molecule has 0 saturated heterocycles. The van der Waals surface area contributed by atoms with Gasteiger partial charge in [-0.05, 0) is 6.42 Å². The van der Waals surface area contributed by atoms with Crippen molar-refractivity contribution in [3.05, 3.63) is 90.0 Å². The summed E-state index contributed by atoms with van der Waals surface area (Å²) < 4.78 is 1.79. The molecule has 0 N–H and O–H groups in total. The monoisotopic (exact) mass is 520 g/mol. The van der Waals surface area contributed by atoms with Crippen LogP contribution in [0.5, 0.6) is 0 Å². The summed E-state index contributed by atoms with van der Waals surface area (Å²) in [6, 6.07) is 28.1. The fourth-order valence-corrected chi connectivity index (χ4v) is 4.89. The van der Waals surface area contributed by atoms with Gasteiger partial charge in [0.25, 0.3) is 0 Å². The first kappa shape index (κ1) is 20.3.